The lowest BCUT2D eigenvalue weighted by Gasteiger charge is -2.29. The number of aromatic nitrogens is 1. The number of carbonyl (C=O) groups is 1. The number of nitrogens with one attached hydrogen (secondary N) is 1. The molecule has 1 aromatic rings. The van der Waals surface area contributed by atoms with E-state index in [1.54, 1.807) is 6.20 Å². The van der Waals surface area contributed by atoms with Crippen LogP contribution in [0.15, 0.2) is 6.20 Å². The predicted molar refractivity (Wildman–Crippen MR) is 83.3 cm³/mol. The fraction of sp³-hybridized carbons (Fsp3) is 0.733. The summed E-state index contributed by atoms with van der Waals surface area (Å²) in [6, 6.07) is 0. The van der Waals surface area contributed by atoms with Crippen LogP contribution < -0.4 is 5.32 Å². The molecule has 4 nitrogen and oxygen atoms in total. The first-order valence-corrected chi connectivity index (χ1v) is 8.46. The Morgan fingerprint density at radius 1 is 1.45 bits per heavy atom. The molecule has 1 atom stereocenters. The minimum atomic E-state index is 0.0210. The number of carbonyl (C=O) groups excluding carboxylic acids is 1. The van der Waals surface area contributed by atoms with Gasteiger partial charge in [-0.05, 0) is 38.3 Å². The Bertz CT molecular complexity index is 427. The molecule has 1 aliphatic rings. The van der Waals surface area contributed by atoms with E-state index in [1.165, 1.54) is 43.7 Å². The topological polar surface area (TPSA) is 45.2 Å². The summed E-state index contributed by atoms with van der Waals surface area (Å²) in [5.74, 6) is 0.517. The lowest BCUT2D eigenvalue weighted by molar-refractivity contribution is 0.0946. The molecule has 0 saturated carbocycles. The average Bonchev–Trinajstić information content (AvgIpc) is 2.95. The molecular formula is C15H25N3OS. The highest BCUT2D eigenvalue weighted by Crippen LogP contribution is 2.14. The van der Waals surface area contributed by atoms with Crippen molar-refractivity contribution in [1.82, 2.24) is 15.2 Å². The summed E-state index contributed by atoms with van der Waals surface area (Å²) in [5.41, 5.74) is 0. The van der Waals surface area contributed by atoms with E-state index < -0.39 is 0 Å². The molecule has 0 aliphatic carbocycles. The number of aryl methyl sites for hydroxylation is 1. The second-order valence-corrected chi connectivity index (χ2v) is 6.76. The van der Waals surface area contributed by atoms with Crippen LogP contribution in [0.5, 0.6) is 0 Å². The van der Waals surface area contributed by atoms with E-state index in [4.69, 9.17) is 0 Å². The van der Waals surface area contributed by atoms with E-state index in [0.717, 1.165) is 29.4 Å². The lowest BCUT2D eigenvalue weighted by atomic mass is 10.1. The number of rotatable bonds is 6. The van der Waals surface area contributed by atoms with Crippen LogP contribution >= 0.6 is 11.3 Å². The van der Waals surface area contributed by atoms with Crippen molar-refractivity contribution in [2.24, 2.45) is 5.92 Å². The molecule has 2 rings (SSSR count). The molecule has 0 bridgehead atoms. The molecule has 1 fully saturated rings. The fourth-order valence-electron chi connectivity index (χ4n) is 2.58. The highest BCUT2D eigenvalue weighted by atomic mass is 32.1. The summed E-state index contributed by atoms with van der Waals surface area (Å²) in [7, 11) is 0. The fourth-order valence-corrected chi connectivity index (χ4v) is 3.35. The van der Waals surface area contributed by atoms with Crippen molar-refractivity contribution in [3.63, 3.8) is 0 Å². The van der Waals surface area contributed by atoms with Gasteiger partial charge in [-0.3, -0.25) is 4.79 Å². The van der Waals surface area contributed by atoms with E-state index in [0.29, 0.717) is 5.92 Å². The molecule has 2 heterocycles. The number of thiazole rings is 1. The van der Waals surface area contributed by atoms with Crippen molar-refractivity contribution >= 4 is 17.2 Å². The average molecular weight is 295 g/mol. The first-order valence-electron chi connectivity index (χ1n) is 7.64. The summed E-state index contributed by atoms with van der Waals surface area (Å²) < 4.78 is 0. The van der Waals surface area contributed by atoms with Crippen LogP contribution in [0.4, 0.5) is 0 Å². The second kappa shape index (κ2) is 7.74. The first kappa shape index (κ1) is 15.4. The van der Waals surface area contributed by atoms with Crippen LogP contribution in [0, 0.1) is 5.92 Å². The van der Waals surface area contributed by atoms with Gasteiger partial charge in [0.2, 0.25) is 0 Å². The summed E-state index contributed by atoms with van der Waals surface area (Å²) in [4.78, 5) is 19.5. The third kappa shape index (κ3) is 4.56. The summed E-state index contributed by atoms with van der Waals surface area (Å²) in [5, 5.41) is 4.06. The molecular weight excluding hydrogens is 270 g/mol. The van der Waals surface area contributed by atoms with E-state index in [2.05, 4.69) is 29.0 Å². The van der Waals surface area contributed by atoms with Gasteiger partial charge >= 0.3 is 0 Å². The number of piperidine rings is 1. The zero-order chi connectivity index (χ0) is 14.4. The third-order valence-corrected chi connectivity index (χ3v) is 4.85. The maximum Gasteiger partial charge on any atom is 0.263 e. The smallest absolute Gasteiger partial charge is 0.263 e. The Balaban J connectivity index is 1.71. The Hall–Kier alpha value is -0.940. The molecule has 0 aromatic carbocycles. The van der Waals surface area contributed by atoms with Crippen LogP contribution in [0.3, 0.4) is 0 Å². The molecule has 5 heteroatoms. The monoisotopic (exact) mass is 295 g/mol. The molecule has 1 aliphatic heterocycles. The van der Waals surface area contributed by atoms with Gasteiger partial charge < -0.3 is 10.2 Å². The van der Waals surface area contributed by atoms with E-state index in [9.17, 15) is 4.79 Å². The number of nitrogens with zero attached hydrogens (tertiary/aromatic N) is 2. The Morgan fingerprint density at radius 2 is 2.20 bits per heavy atom. The van der Waals surface area contributed by atoms with Gasteiger partial charge in [0.25, 0.3) is 5.91 Å². The summed E-state index contributed by atoms with van der Waals surface area (Å²) in [6.07, 6.45) is 6.59. The molecule has 20 heavy (non-hydrogen) atoms. The van der Waals surface area contributed by atoms with Gasteiger partial charge in [0.15, 0.2) is 0 Å². The molecule has 1 saturated heterocycles. The van der Waals surface area contributed by atoms with Crippen molar-refractivity contribution in [3.8, 4) is 0 Å². The SMILES string of the molecule is CCc1ncc(C(=O)NCC(C)CN2CCCCC2)s1. The zero-order valence-corrected chi connectivity index (χ0v) is 13.3. The van der Waals surface area contributed by atoms with Gasteiger partial charge in [-0.15, -0.1) is 11.3 Å². The van der Waals surface area contributed by atoms with Crippen LogP contribution in [0.1, 0.15) is 47.8 Å². The van der Waals surface area contributed by atoms with E-state index in [1.807, 2.05) is 0 Å². The number of likely N-dealkylation sites (tertiary alicyclic amines) is 1. The van der Waals surface area contributed by atoms with Crippen molar-refractivity contribution in [3.05, 3.63) is 16.1 Å². The zero-order valence-electron chi connectivity index (χ0n) is 12.5. The lowest BCUT2D eigenvalue weighted by Crippen LogP contribution is -2.37. The van der Waals surface area contributed by atoms with Crippen LogP contribution in [-0.2, 0) is 6.42 Å². The predicted octanol–water partition coefficient (Wildman–Crippen LogP) is 2.56. The van der Waals surface area contributed by atoms with Gasteiger partial charge in [-0.2, -0.15) is 0 Å². The van der Waals surface area contributed by atoms with Crippen LogP contribution in [-0.4, -0.2) is 42.0 Å². The standard InChI is InChI=1S/C15H25N3OS/c1-3-14-16-10-13(20-14)15(19)17-9-12(2)11-18-7-5-4-6-8-18/h10,12H,3-9,11H2,1-2H3,(H,17,19). The van der Waals surface area contributed by atoms with Crippen molar-refractivity contribution in [2.75, 3.05) is 26.2 Å². The van der Waals surface area contributed by atoms with E-state index >= 15 is 0 Å². The van der Waals surface area contributed by atoms with Gasteiger partial charge in [0, 0.05) is 13.1 Å². The highest BCUT2D eigenvalue weighted by molar-refractivity contribution is 7.13. The Labute approximate surface area is 125 Å². The maximum absolute atomic E-state index is 12.0. The van der Waals surface area contributed by atoms with Crippen molar-refractivity contribution < 1.29 is 4.79 Å². The van der Waals surface area contributed by atoms with Gasteiger partial charge in [-0.25, -0.2) is 4.98 Å². The van der Waals surface area contributed by atoms with E-state index in [-0.39, 0.29) is 5.91 Å². The maximum atomic E-state index is 12.0. The molecule has 112 valence electrons. The molecule has 1 N–H and O–H groups in total. The molecule has 1 aromatic heterocycles. The normalized spacial score (nSPS) is 17.9. The van der Waals surface area contributed by atoms with Gasteiger partial charge in [0.1, 0.15) is 4.88 Å². The van der Waals surface area contributed by atoms with Crippen LogP contribution in [0.25, 0.3) is 0 Å². The largest absolute Gasteiger partial charge is 0.351 e. The quantitative estimate of drug-likeness (QED) is 0.877. The number of hydrogen-bond donors (Lipinski definition) is 1. The third-order valence-electron chi connectivity index (χ3n) is 3.71. The Kier molecular flexibility index (Phi) is 5.98. The number of hydrogen-bond acceptors (Lipinski definition) is 4. The van der Waals surface area contributed by atoms with Gasteiger partial charge in [-0.1, -0.05) is 20.3 Å². The summed E-state index contributed by atoms with van der Waals surface area (Å²) >= 11 is 1.49. The summed E-state index contributed by atoms with van der Waals surface area (Å²) in [6.45, 7) is 8.53. The minimum Gasteiger partial charge on any atom is -0.351 e. The van der Waals surface area contributed by atoms with Crippen molar-refractivity contribution in [2.45, 2.75) is 39.5 Å². The van der Waals surface area contributed by atoms with Crippen LogP contribution in [0.2, 0.25) is 0 Å². The molecule has 1 unspecified atom stereocenters. The Morgan fingerprint density at radius 3 is 2.85 bits per heavy atom. The van der Waals surface area contributed by atoms with Gasteiger partial charge in [0.05, 0.1) is 11.2 Å². The van der Waals surface area contributed by atoms with Crippen molar-refractivity contribution in [1.29, 1.82) is 0 Å². The number of amides is 1. The highest BCUT2D eigenvalue weighted by Gasteiger charge is 2.15. The molecule has 1 amide bonds. The first-order chi connectivity index (χ1) is 9.69. The molecule has 0 radical (unpaired) electrons. The minimum absolute atomic E-state index is 0.0210. The molecule has 0 spiro atoms. The second-order valence-electron chi connectivity index (χ2n) is 5.65.